The number of rotatable bonds is 5. The lowest BCUT2D eigenvalue weighted by Gasteiger charge is -2.11. The molecule has 0 spiro atoms. The van der Waals surface area contributed by atoms with E-state index in [1.54, 1.807) is 24.3 Å². The Morgan fingerprint density at radius 3 is 2.15 bits per heavy atom. The van der Waals surface area contributed by atoms with Crippen LogP contribution in [-0.4, -0.2) is 22.8 Å². The highest BCUT2D eigenvalue weighted by molar-refractivity contribution is 7.13. The number of thiophene rings is 1. The summed E-state index contributed by atoms with van der Waals surface area (Å²) in [5.74, 6) is -1.33. The van der Waals surface area contributed by atoms with Crippen molar-refractivity contribution in [1.29, 1.82) is 0 Å². The summed E-state index contributed by atoms with van der Waals surface area (Å²) < 4.78 is 5.63. The maximum atomic E-state index is 12.3. The third-order valence-electron chi connectivity index (χ3n) is 3.92. The summed E-state index contributed by atoms with van der Waals surface area (Å²) in [6.07, 6.45) is 0. The molecule has 3 aromatic rings. The Hall–Kier alpha value is -3.45. The summed E-state index contributed by atoms with van der Waals surface area (Å²) in [6, 6.07) is 19.0. The van der Waals surface area contributed by atoms with Gasteiger partial charge < -0.3 is 9.57 Å². The van der Waals surface area contributed by atoms with Crippen LogP contribution in [0.15, 0.2) is 66.7 Å². The maximum Gasteiger partial charge on any atom is 0.373 e. The molecule has 4 rings (SSSR count). The average Bonchev–Trinajstić information content (AvgIpc) is 3.27. The van der Waals surface area contributed by atoms with Gasteiger partial charge in [-0.3, -0.25) is 9.59 Å². The van der Waals surface area contributed by atoms with Gasteiger partial charge in [0, 0.05) is 4.88 Å². The molecule has 0 saturated carbocycles. The van der Waals surface area contributed by atoms with Crippen LogP contribution in [0.4, 0.5) is 0 Å². The van der Waals surface area contributed by atoms with Gasteiger partial charge >= 0.3 is 5.97 Å². The van der Waals surface area contributed by atoms with E-state index in [1.807, 2.05) is 30.3 Å². The van der Waals surface area contributed by atoms with Gasteiger partial charge in [0.05, 0.1) is 11.1 Å². The van der Waals surface area contributed by atoms with Gasteiger partial charge in [0.15, 0.2) is 0 Å². The van der Waals surface area contributed by atoms with Crippen molar-refractivity contribution in [3.05, 3.63) is 87.6 Å². The first-order valence-electron chi connectivity index (χ1n) is 8.10. The fourth-order valence-electron chi connectivity index (χ4n) is 2.61. The van der Waals surface area contributed by atoms with Crippen LogP contribution in [-0.2, 0) is 11.4 Å². The van der Waals surface area contributed by atoms with Crippen molar-refractivity contribution >= 4 is 29.1 Å². The third kappa shape index (κ3) is 3.32. The van der Waals surface area contributed by atoms with Crippen LogP contribution < -0.4 is 4.74 Å². The molecule has 27 heavy (non-hydrogen) atoms. The minimum absolute atomic E-state index is 0.221. The molecule has 7 heteroatoms. The Morgan fingerprint density at radius 1 is 0.852 bits per heavy atom. The largest absolute Gasteiger partial charge is 0.488 e. The molecule has 1 aliphatic rings. The number of nitrogens with zero attached hydrogens (tertiary/aromatic N) is 1. The highest BCUT2D eigenvalue weighted by atomic mass is 32.1. The lowest BCUT2D eigenvalue weighted by molar-refractivity contribution is -0.0581. The van der Waals surface area contributed by atoms with Gasteiger partial charge in [-0.2, -0.15) is 0 Å². The number of imide groups is 1. The molecule has 1 aromatic heterocycles. The topological polar surface area (TPSA) is 72.9 Å². The van der Waals surface area contributed by atoms with Crippen LogP contribution in [0.5, 0.6) is 5.75 Å². The summed E-state index contributed by atoms with van der Waals surface area (Å²) in [4.78, 5) is 43.0. The van der Waals surface area contributed by atoms with Crippen molar-refractivity contribution in [1.82, 2.24) is 5.06 Å². The van der Waals surface area contributed by atoms with Gasteiger partial charge in [-0.1, -0.05) is 35.4 Å². The Morgan fingerprint density at radius 2 is 1.48 bits per heavy atom. The standard InChI is InChI=1S/C20H13NO5S/c22-18-15-8-4-5-9-16(15)19(23)21(18)26-20(24)17-11-10-14(27-17)12-25-13-6-2-1-3-7-13/h1-11H,12H2. The zero-order valence-corrected chi connectivity index (χ0v) is 14.8. The monoisotopic (exact) mass is 379 g/mol. The number of benzene rings is 2. The molecule has 0 atom stereocenters. The summed E-state index contributed by atoms with van der Waals surface area (Å²) in [7, 11) is 0. The molecule has 2 amide bonds. The maximum absolute atomic E-state index is 12.3. The Balaban J connectivity index is 1.42. The summed E-state index contributed by atoms with van der Waals surface area (Å²) >= 11 is 1.18. The first kappa shape index (κ1) is 17.0. The smallest absolute Gasteiger partial charge is 0.373 e. The SMILES string of the molecule is O=C(ON1C(=O)c2ccccc2C1=O)c1ccc(COc2ccccc2)s1. The molecule has 0 bridgehead atoms. The average molecular weight is 379 g/mol. The summed E-state index contributed by atoms with van der Waals surface area (Å²) in [5.41, 5.74) is 0.442. The minimum Gasteiger partial charge on any atom is -0.488 e. The van der Waals surface area contributed by atoms with Crippen molar-refractivity contribution in [2.24, 2.45) is 0 Å². The molecule has 2 heterocycles. The van der Waals surface area contributed by atoms with Crippen LogP contribution in [0, 0.1) is 0 Å². The second kappa shape index (κ2) is 7.05. The quantitative estimate of drug-likeness (QED) is 0.632. The van der Waals surface area contributed by atoms with Crippen LogP contribution in [0.2, 0.25) is 0 Å². The Labute approximate surface area is 158 Å². The van der Waals surface area contributed by atoms with Gasteiger partial charge in [0.2, 0.25) is 0 Å². The van der Waals surface area contributed by atoms with E-state index in [2.05, 4.69) is 0 Å². The van der Waals surface area contributed by atoms with Crippen LogP contribution in [0.3, 0.4) is 0 Å². The number of fused-ring (bicyclic) bond motifs is 1. The van der Waals surface area contributed by atoms with E-state index in [4.69, 9.17) is 9.57 Å². The second-order valence-electron chi connectivity index (χ2n) is 5.70. The van der Waals surface area contributed by atoms with E-state index in [9.17, 15) is 14.4 Å². The van der Waals surface area contributed by atoms with Crippen LogP contribution in [0.1, 0.15) is 35.3 Å². The second-order valence-corrected chi connectivity index (χ2v) is 6.87. The molecule has 1 aliphatic heterocycles. The fraction of sp³-hybridized carbons (Fsp3) is 0.0500. The zero-order valence-electron chi connectivity index (χ0n) is 14.0. The van der Waals surface area contributed by atoms with Crippen LogP contribution >= 0.6 is 11.3 Å². The fourth-order valence-corrected chi connectivity index (χ4v) is 3.41. The van der Waals surface area contributed by atoms with Gasteiger partial charge in [-0.05, 0) is 36.4 Å². The predicted octanol–water partition coefficient (Wildman–Crippen LogP) is 3.70. The van der Waals surface area contributed by atoms with Crippen molar-refractivity contribution < 1.29 is 24.0 Å². The van der Waals surface area contributed by atoms with Gasteiger partial charge in [0.25, 0.3) is 11.8 Å². The van der Waals surface area contributed by atoms with Gasteiger partial charge in [-0.15, -0.1) is 11.3 Å². The van der Waals surface area contributed by atoms with E-state index in [1.165, 1.54) is 23.5 Å². The molecule has 6 nitrogen and oxygen atoms in total. The highest BCUT2D eigenvalue weighted by Gasteiger charge is 2.38. The van der Waals surface area contributed by atoms with E-state index < -0.39 is 17.8 Å². The molecule has 0 radical (unpaired) electrons. The lowest BCUT2D eigenvalue weighted by Crippen LogP contribution is -2.32. The lowest BCUT2D eigenvalue weighted by atomic mass is 10.1. The first-order chi connectivity index (χ1) is 13.1. The minimum atomic E-state index is -0.763. The molecule has 134 valence electrons. The van der Waals surface area contributed by atoms with Crippen molar-refractivity contribution in [3.8, 4) is 5.75 Å². The molecular formula is C20H13NO5S. The normalized spacial score (nSPS) is 12.8. The highest BCUT2D eigenvalue weighted by Crippen LogP contribution is 2.25. The number of carbonyl (C=O) groups is 3. The molecule has 0 unspecified atom stereocenters. The van der Waals surface area contributed by atoms with Crippen LogP contribution in [0.25, 0.3) is 0 Å². The number of hydrogen-bond acceptors (Lipinski definition) is 6. The third-order valence-corrected chi connectivity index (χ3v) is 4.96. The predicted molar refractivity (Wildman–Crippen MR) is 97.5 cm³/mol. The zero-order chi connectivity index (χ0) is 18.8. The van der Waals surface area contributed by atoms with Crippen molar-refractivity contribution in [2.75, 3.05) is 0 Å². The number of carbonyl (C=O) groups excluding carboxylic acids is 3. The number of hydrogen-bond donors (Lipinski definition) is 0. The molecule has 0 aliphatic carbocycles. The number of ether oxygens (including phenoxy) is 1. The molecule has 2 aromatic carbocycles. The molecule has 0 fully saturated rings. The summed E-state index contributed by atoms with van der Waals surface area (Å²) in [6.45, 7) is 0.301. The van der Waals surface area contributed by atoms with Crippen molar-refractivity contribution in [3.63, 3.8) is 0 Å². The first-order valence-corrected chi connectivity index (χ1v) is 8.92. The van der Waals surface area contributed by atoms with E-state index in [0.717, 1.165) is 10.6 Å². The van der Waals surface area contributed by atoms with E-state index in [0.29, 0.717) is 11.7 Å². The number of amides is 2. The van der Waals surface area contributed by atoms with E-state index >= 15 is 0 Å². The Kier molecular flexibility index (Phi) is 4.43. The summed E-state index contributed by atoms with van der Waals surface area (Å²) in [5, 5.41) is 0.507. The number of hydroxylamine groups is 2. The molecule has 0 N–H and O–H groups in total. The van der Waals surface area contributed by atoms with Crippen molar-refractivity contribution in [2.45, 2.75) is 6.61 Å². The Bertz CT molecular complexity index is 993. The van der Waals surface area contributed by atoms with Gasteiger partial charge in [0.1, 0.15) is 17.2 Å². The molecule has 0 saturated heterocycles. The number of para-hydroxylation sites is 1. The van der Waals surface area contributed by atoms with E-state index in [-0.39, 0.29) is 16.0 Å². The van der Waals surface area contributed by atoms with Gasteiger partial charge in [-0.25, -0.2) is 4.79 Å². The molecular weight excluding hydrogens is 366 g/mol.